The first-order valence-corrected chi connectivity index (χ1v) is 9.30. The molecule has 0 saturated carbocycles. The molecule has 1 aliphatic rings. The quantitative estimate of drug-likeness (QED) is 0.628. The zero-order valence-electron chi connectivity index (χ0n) is 16.2. The Balaban J connectivity index is 1.63. The summed E-state index contributed by atoms with van der Waals surface area (Å²) in [5.41, 5.74) is 3.28. The maximum Gasteiger partial charge on any atom is 0.246 e. The van der Waals surface area contributed by atoms with Crippen molar-refractivity contribution in [2.45, 2.75) is 20.3 Å². The molecule has 0 aromatic carbocycles. The second-order valence-electron chi connectivity index (χ2n) is 6.63. The van der Waals surface area contributed by atoms with Gasteiger partial charge in [-0.15, -0.1) is 0 Å². The van der Waals surface area contributed by atoms with Crippen LogP contribution in [-0.2, 0) is 18.3 Å². The first-order chi connectivity index (χ1) is 13.1. The number of nitrogens with zero attached hydrogens (tertiary/aromatic N) is 6. The fourth-order valence-electron chi connectivity index (χ4n) is 3.17. The number of rotatable bonds is 5. The Bertz CT molecular complexity index is 814. The van der Waals surface area contributed by atoms with Crippen molar-refractivity contribution >= 4 is 17.6 Å². The molecule has 0 bridgehead atoms. The molecule has 144 valence electrons. The number of aliphatic imine (C=N–C) groups is 1. The van der Waals surface area contributed by atoms with E-state index < -0.39 is 0 Å². The highest BCUT2D eigenvalue weighted by molar-refractivity contribution is 5.98. The fraction of sp³-hybridized carbons (Fsp3) is 0.474. The molecule has 2 aromatic rings. The number of nitrogens with one attached hydrogen (secondary N) is 1. The van der Waals surface area contributed by atoms with Gasteiger partial charge in [-0.25, -0.2) is 0 Å². The Hall–Kier alpha value is -2.90. The predicted molar refractivity (Wildman–Crippen MR) is 106 cm³/mol. The molecular formula is C19H27N7O. The molecule has 0 unspecified atom stereocenters. The molecule has 0 radical (unpaired) electrons. The molecule has 1 aliphatic heterocycles. The van der Waals surface area contributed by atoms with Gasteiger partial charge in [0, 0.05) is 51.8 Å². The van der Waals surface area contributed by atoms with E-state index >= 15 is 0 Å². The van der Waals surface area contributed by atoms with Gasteiger partial charge in [-0.05, 0) is 37.5 Å². The molecule has 0 spiro atoms. The van der Waals surface area contributed by atoms with E-state index in [2.05, 4.69) is 22.3 Å². The summed E-state index contributed by atoms with van der Waals surface area (Å²) in [6, 6.07) is 2.04. The summed E-state index contributed by atoms with van der Waals surface area (Å²) in [6.07, 6.45) is 8.13. The largest absolute Gasteiger partial charge is 0.357 e. The van der Waals surface area contributed by atoms with Crippen LogP contribution in [-0.4, -0.2) is 64.3 Å². The van der Waals surface area contributed by atoms with E-state index in [1.807, 2.05) is 43.5 Å². The van der Waals surface area contributed by atoms with Gasteiger partial charge in [0.15, 0.2) is 5.96 Å². The summed E-state index contributed by atoms with van der Waals surface area (Å²) in [5, 5.41) is 7.46. The maximum absolute atomic E-state index is 12.6. The molecule has 0 aliphatic carbocycles. The summed E-state index contributed by atoms with van der Waals surface area (Å²) in [7, 11) is 1.85. The van der Waals surface area contributed by atoms with Gasteiger partial charge in [-0.2, -0.15) is 5.10 Å². The van der Waals surface area contributed by atoms with Crippen LogP contribution >= 0.6 is 0 Å². The van der Waals surface area contributed by atoms with Crippen molar-refractivity contribution in [1.82, 2.24) is 25.0 Å². The average molecular weight is 369 g/mol. The minimum atomic E-state index is 0.0600. The standard InChI is InChI=1S/C19H27N7O/c1-4-21-19(22-8-6-16-5-7-20-11-15(16)2)25-9-10-26(18(27)14-25)17-12-23-24(3)13-17/h5,7,11-13H,4,6,8-10,14H2,1-3H3,(H,21,22). The lowest BCUT2D eigenvalue weighted by Gasteiger charge is -2.35. The number of aromatic nitrogens is 3. The third-order valence-electron chi connectivity index (χ3n) is 4.64. The molecule has 3 heterocycles. The third-order valence-corrected chi connectivity index (χ3v) is 4.64. The first-order valence-electron chi connectivity index (χ1n) is 9.30. The van der Waals surface area contributed by atoms with Crippen molar-refractivity contribution in [2.75, 3.05) is 37.6 Å². The number of hydrogen-bond donors (Lipinski definition) is 1. The summed E-state index contributed by atoms with van der Waals surface area (Å²) < 4.78 is 1.71. The Morgan fingerprint density at radius 2 is 2.19 bits per heavy atom. The van der Waals surface area contributed by atoms with E-state index in [1.54, 1.807) is 15.8 Å². The van der Waals surface area contributed by atoms with E-state index in [0.29, 0.717) is 19.6 Å². The fourth-order valence-corrected chi connectivity index (χ4v) is 3.17. The molecule has 1 fully saturated rings. The van der Waals surface area contributed by atoms with Gasteiger partial charge < -0.3 is 15.1 Å². The molecule has 1 saturated heterocycles. The molecule has 2 aromatic heterocycles. The Labute approximate surface area is 159 Å². The van der Waals surface area contributed by atoms with Crippen molar-refractivity contribution in [3.63, 3.8) is 0 Å². The van der Waals surface area contributed by atoms with Gasteiger partial charge in [0.05, 0.1) is 11.9 Å². The normalized spacial score (nSPS) is 15.4. The number of aryl methyl sites for hydroxylation is 2. The summed E-state index contributed by atoms with van der Waals surface area (Å²) >= 11 is 0. The molecule has 8 heteroatoms. The lowest BCUT2D eigenvalue weighted by atomic mass is 10.1. The minimum absolute atomic E-state index is 0.0600. The Kier molecular flexibility index (Phi) is 6.05. The van der Waals surface area contributed by atoms with Crippen molar-refractivity contribution < 1.29 is 4.79 Å². The van der Waals surface area contributed by atoms with Gasteiger partial charge in [0.2, 0.25) is 5.91 Å². The van der Waals surface area contributed by atoms with Crippen molar-refractivity contribution in [3.8, 4) is 0 Å². The molecule has 1 N–H and O–H groups in total. The number of carbonyl (C=O) groups excluding carboxylic acids is 1. The average Bonchev–Trinajstić information content (AvgIpc) is 3.08. The van der Waals surface area contributed by atoms with Gasteiger partial charge in [-0.1, -0.05) is 0 Å². The van der Waals surface area contributed by atoms with Crippen LogP contribution in [0.1, 0.15) is 18.1 Å². The number of carbonyl (C=O) groups is 1. The van der Waals surface area contributed by atoms with Gasteiger partial charge >= 0.3 is 0 Å². The van der Waals surface area contributed by atoms with E-state index in [1.165, 1.54) is 11.1 Å². The zero-order valence-corrected chi connectivity index (χ0v) is 16.2. The first kappa shape index (κ1) is 18.9. The van der Waals surface area contributed by atoms with Crippen LogP contribution in [0, 0.1) is 6.92 Å². The van der Waals surface area contributed by atoms with E-state index in [4.69, 9.17) is 4.99 Å². The molecule has 1 amide bonds. The van der Waals surface area contributed by atoms with Crippen molar-refractivity contribution in [1.29, 1.82) is 0 Å². The SMILES string of the molecule is CCNC(=NCCc1ccncc1C)N1CCN(c2cnn(C)c2)C(=O)C1. The number of piperazine rings is 1. The van der Waals surface area contributed by atoms with Gasteiger partial charge in [0.1, 0.15) is 6.54 Å². The van der Waals surface area contributed by atoms with E-state index in [-0.39, 0.29) is 5.91 Å². The Morgan fingerprint density at radius 3 is 2.85 bits per heavy atom. The lowest BCUT2D eigenvalue weighted by Crippen LogP contribution is -2.55. The summed E-state index contributed by atoms with van der Waals surface area (Å²) in [6.45, 7) is 7.21. The van der Waals surface area contributed by atoms with Crippen LogP contribution < -0.4 is 10.2 Å². The molecular weight excluding hydrogens is 342 g/mol. The number of pyridine rings is 1. The van der Waals surface area contributed by atoms with Gasteiger partial charge in [0.25, 0.3) is 0 Å². The van der Waals surface area contributed by atoms with Crippen LogP contribution in [0.15, 0.2) is 35.8 Å². The maximum atomic E-state index is 12.6. The van der Waals surface area contributed by atoms with Crippen LogP contribution in [0.4, 0.5) is 5.69 Å². The number of hydrogen-bond acceptors (Lipinski definition) is 4. The monoisotopic (exact) mass is 369 g/mol. The molecule has 8 nitrogen and oxygen atoms in total. The van der Waals surface area contributed by atoms with Crippen molar-refractivity contribution in [2.24, 2.45) is 12.0 Å². The molecule has 0 atom stereocenters. The number of anilines is 1. The Morgan fingerprint density at radius 1 is 1.33 bits per heavy atom. The second kappa shape index (κ2) is 8.66. The van der Waals surface area contributed by atoms with Crippen LogP contribution in [0.2, 0.25) is 0 Å². The lowest BCUT2D eigenvalue weighted by molar-refractivity contribution is -0.120. The van der Waals surface area contributed by atoms with Crippen LogP contribution in [0.25, 0.3) is 0 Å². The molecule has 3 rings (SSSR count). The highest BCUT2D eigenvalue weighted by Gasteiger charge is 2.27. The zero-order chi connectivity index (χ0) is 19.2. The number of guanidine groups is 1. The van der Waals surface area contributed by atoms with Crippen LogP contribution in [0.5, 0.6) is 0 Å². The number of amides is 1. The second-order valence-corrected chi connectivity index (χ2v) is 6.63. The summed E-state index contributed by atoms with van der Waals surface area (Å²) in [4.78, 5) is 25.3. The van der Waals surface area contributed by atoms with E-state index in [9.17, 15) is 4.79 Å². The van der Waals surface area contributed by atoms with Gasteiger partial charge in [-0.3, -0.25) is 19.5 Å². The van der Waals surface area contributed by atoms with Crippen molar-refractivity contribution in [3.05, 3.63) is 42.0 Å². The third kappa shape index (κ3) is 4.64. The topological polar surface area (TPSA) is 78.7 Å². The van der Waals surface area contributed by atoms with Crippen LogP contribution in [0.3, 0.4) is 0 Å². The minimum Gasteiger partial charge on any atom is -0.357 e. The van der Waals surface area contributed by atoms with E-state index in [0.717, 1.165) is 31.2 Å². The highest BCUT2D eigenvalue weighted by atomic mass is 16.2. The predicted octanol–water partition coefficient (Wildman–Crippen LogP) is 0.980. The summed E-state index contributed by atoms with van der Waals surface area (Å²) in [5.74, 6) is 0.855. The molecule has 27 heavy (non-hydrogen) atoms. The highest BCUT2D eigenvalue weighted by Crippen LogP contribution is 2.16. The smallest absolute Gasteiger partial charge is 0.246 e.